The Morgan fingerprint density at radius 2 is 1.74 bits per heavy atom. The average molecular weight is 469 g/mol. The molecule has 3 aliphatic rings. The maximum atomic E-state index is 13.6. The lowest BCUT2D eigenvalue weighted by atomic mass is 9.84. The summed E-state index contributed by atoms with van der Waals surface area (Å²) in [7, 11) is 3.86. The lowest BCUT2D eigenvalue weighted by Crippen LogP contribution is -2.53. The number of carbonyl (C=O) groups is 4. The first kappa shape index (κ1) is 24.2. The fourth-order valence-electron chi connectivity index (χ4n) is 5.29. The summed E-state index contributed by atoms with van der Waals surface area (Å²) in [6, 6.07) is 5.68. The summed E-state index contributed by atoms with van der Waals surface area (Å²) in [6.07, 6.45) is 3.93. The SMILES string of the molecule is CC(C)CC(NC(=O)c1ccc(N(C)C)cc1)C(=O)N1CCC2C1C(=O)CN2C(=O)C1CCC1. The fourth-order valence-corrected chi connectivity index (χ4v) is 5.29. The van der Waals surface area contributed by atoms with E-state index in [4.69, 9.17) is 0 Å². The molecule has 1 aromatic rings. The number of hydrogen-bond donors (Lipinski definition) is 1. The van der Waals surface area contributed by atoms with E-state index in [1.807, 2.05) is 45.0 Å². The Morgan fingerprint density at radius 3 is 2.29 bits per heavy atom. The van der Waals surface area contributed by atoms with Crippen molar-refractivity contribution in [3.8, 4) is 0 Å². The third-order valence-corrected chi connectivity index (χ3v) is 7.40. The summed E-state index contributed by atoms with van der Waals surface area (Å²) in [5.74, 6) is -0.333. The van der Waals surface area contributed by atoms with Crippen LogP contribution < -0.4 is 10.2 Å². The Hall–Kier alpha value is -2.90. The third-order valence-electron chi connectivity index (χ3n) is 7.40. The van der Waals surface area contributed by atoms with Crippen molar-refractivity contribution in [3.63, 3.8) is 0 Å². The molecule has 4 rings (SSSR count). The van der Waals surface area contributed by atoms with Gasteiger partial charge in [-0.25, -0.2) is 0 Å². The van der Waals surface area contributed by atoms with E-state index in [9.17, 15) is 19.2 Å². The van der Waals surface area contributed by atoms with E-state index in [1.54, 1.807) is 21.9 Å². The molecule has 1 aliphatic carbocycles. The molecular formula is C26H36N4O4. The van der Waals surface area contributed by atoms with Gasteiger partial charge in [0, 0.05) is 37.8 Å². The number of carbonyl (C=O) groups excluding carboxylic acids is 4. The second-order valence-electron chi connectivity index (χ2n) is 10.5. The standard InChI is InChI=1S/C26H36N4O4/c1-16(2)14-20(27-24(32)17-8-10-19(11-9-17)28(3)4)26(34)29-13-12-21-23(29)22(31)15-30(21)25(33)18-6-5-7-18/h8-11,16,18,20-21,23H,5-7,12-15H2,1-4H3,(H,27,32). The minimum absolute atomic E-state index is 0.0307. The molecule has 2 heterocycles. The molecule has 1 N–H and O–H groups in total. The van der Waals surface area contributed by atoms with Crippen molar-refractivity contribution in [1.82, 2.24) is 15.1 Å². The third kappa shape index (κ3) is 4.68. The molecule has 2 aliphatic heterocycles. The van der Waals surface area contributed by atoms with E-state index in [0.29, 0.717) is 24.9 Å². The Labute approximate surface area is 201 Å². The van der Waals surface area contributed by atoms with Gasteiger partial charge < -0.3 is 20.0 Å². The van der Waals surface area contributed by atoms with Gasteiger partial charge in [-0.1, -0.05) is 20.3 Å². The molecule has 184 valence electrons. The number of nitrogens with zero attached hydrogens (tertiary/aromatic N) is 3. The van der Waals surface area contributed by atoms with Gasteiger partial charge in [0.15, 0.2) is 5.78 Å². The molecule has 0 aromatic heterocycles. The number of likely N-dealkylation sites (tertiary alicyclic amines) is 2. The quantitative estimate of drug-likeness (QED) is 0.662. The van der Waals surface area contributed by atoms with Crippen molar-refractivity contribution in [2.75, 3.05) is 32.1 Å². The van der Waals surface area contributed by atoms with Gasteiger partial charge in [0.05, 0.1) is 12.6 Å². The second kappa shape index (κ2) is 9.76. The molecule has 8 nitrogen and oxygen atoms in total. The number of ketones is 1. The van der Waals surface area contributed by atoms with Crippen molar-refractivity contribution < 1.29 is 19.2 Å². The topological polar surface area (TPSA) is 90.0 Å². The monoisotopic (exact) mass is 468 g/mol. The molecule has 1 aromatic carbocycles. The lowest BCUT2D eigenvalue weighted by Gasteiger charge is -2.32. The van der Waals surface area contributed by atoms with E-state index < -0.39 is 12.1 Å². The highest BCUT2D eigenvalue weighted by atomic mass is 16.2. The highest BCUT2D eigenvalue weighted by molar-refractivity contribution is 6.01. The van der Waals surface area contributed by atoms with Crippen molar-refractivity contribution in [2.45, 2.75) is 64.1 Å². The molecule has 3 fully saturated rings. The number of Topliss-reactive ketones (excluding diaryl/α,β-unsaturated/α-hetero) is 1. The van der Waals surface area contributed by atoms with Gasteiger partial charge in [0.25, 0.3) is 5.91 Å². The summed E-state index contributed by atoms with van der Waals surface area (Å²) in [5, 5.41) is 2.92. The van der Waals surface area contributed by atoms with Gasteiger partial charge in [0.1, 0.15) is 12.1 Å². The van der Waals surface area contributed by atoms with Crippen LogP contribution in [0.1, 0.15) is 56.3 Å². The van der Waals surface area contributed by atoms with Crippen LogP contribution >= 0.6 is 0 Å². The molecule has 2 saturated heterocycles. The molecule has 0 spiro atoms. The predicted molar refractivity (Wildman–Crippen MR) is 129 cm³/mol. The van der Waals surface area contributed by atoms with Gasteiger partial charge in [-0.3, -0.25) is 19.2 Å². The zero-order chi connectivity index (χ0) is 24.6. The molecular weight excluding hydrogens is 432 g/mol. The van der Waals surface area contributed by atoms with E-state index in [-0.39, 0.29) is 47.9 Å². The van der Waals surface area contributed by atoms with Crippen LogP contribution in [0.15, 0.2) is 24.3 Å². The van der Waals surface area contributed by atoms with E-state index in [1.165, 1.54) is 0 Å². The number of hydrogen-bond acceptors (Lipinski definition) is 5. The van der Waals surface area contributed by atoms with Gasteiger partial charge in [-0.2, -0.15) is 0 Å². The van der Waals surface area contributed by atoms with Crippen molar-refractivity contribution in [1.29, 1.82) is 0 Å². The Balaban J connectivity index is 1.47. The normalized spacial score (nSPS) is 23.0. The summed E-state index contributed by atoms with van der Waals surface area (Å²) >= 11 is 0. The number of benzene rings is 1. The molecule has 34 heavy (non-hydrogen) atoms. The summed E-state index contributed by atoms with van der Waals surface area (Å²) in [4.78, 5) is 57.6. The van der Waals surface area contributed by atoms with Crippen LogP contribution in [0.4, 0.5) is 5.69 Å². The largest absolute Gasteiger partial charge is 0.378 e. The van der Waals surface area contributed by atoms with E-state index in [0.717, 1.165) is 24.9 Å². The van der Waals surface area contributed by atoms with E-state index in [2.05, 4.69) is 5.32 Å². The van der Waals surface area contributed by atoms with Crippen molar-refractivity contribution >= 4 is 29.2 Å². The summed E-state index contributed by atoms with van der Waals surface area (Å²) in [5.41, 5.74) is 1.47. The minimum atomic E-state index is -0.719. The van der Waals surface area contributed by atoms with E-state index >= 15 is 0 Å². The highest BCUT2D eigenvalue weighted by Crippen LogP contribution is 2.35. The lowest BCUT2D eigenvalue weighted by molar-refractivity contribution is -0.140. The Kier molecular flexibility index (Phi) is 6.96. The van der Waals surface area contributed by atoms with Crippen LogP contribution in [0.5, 0.6) is 0 Å². The molecule has 3 atom stereocenters. The van der Waals surface area contributed by atoms with Crippen LogP contribution in [0.25, 0.3) is 0 Å². The highest BCUT2D eigenvalue weighted by Gasteiger charge is 2.53. The van der Waals surface area contributed by atoms with Gasteiger partial charge in [0.2, 0.25) is 11.8 Å². The zero-order valence-electron chi connectivity index (χ0n) is 20.6. The number of fused-ring (bicyclic) bond motifs is 1. The average Bonchev–Trinajstić information content (AvgIpc) is 3.32. The Morgan fingerprint density at radius 1 is 1.06 bits per heavy atom. The smallest absolute Gasteiger partial charge is 0.251 e. The molecule has 0 radical (unpaired) electrons. The van der Waals surface area contributed by atoms with Gasteiger partial charge >= 0.3 is 0 Å². The fraction of sp³-hybridized carbons (Fsp3) is 0.615. The number of rotatable bonds is 7. The van der Waals surface area contributed by atoms with Crippen LogP contribution in [0.3, 0.4) is 0 Å². The molecule has 3 unspecified atom stereocenters. The maximum absolute atomic E-state index is 13.6. The number of amides is 3. The van der Waals surface area contributed by atoms with Crippen molar-refractivity contribution in [3.05, 3.63) is 29.8 Å². The number of anilines is 1. The van der Waals surface area contributed by atoms with Crippen LogP contribution in [0, 0.1) is 11.8 Å². The van der Waals surface area contributed by atoms with Crippen LogP contribution in [-0.2, 0) is 14.4 Å². The maximum Gasteiger partial charge on any atom is 0.251 e. The first-order valence-electron chi connectivity index (χ1n) is 12.4. The van der Waals surface area contributed by atoms with Crippen LogP contribution in [0.2, 0.25) is 0 Å². The molecule has 0 bridgehead atoms. The molecule has 1 saturated carbocycles. The van der Waals surface area contributed by atoms with Crippen molar-refractivity contribution in [2.24, 2.45) is 11.8 Å². The summed E-state index contributed by atoms with van der Waals surface area (Å²) < 4.78 is 0. The number of nitrogens with one attached hydrogen (secondary N) is 1. The van der Waals surface area contributed by atoms with Crippen LogP contribution in [-0.4, -0.2) is 78.6 Å². The summed E-state index contributed by atoms with van der Waals surface area (Å²) in [6.45, 7) is 4.53. The predicted octanol–water partition coefficient (Wildman–Crippen LogP) is 2.08. The minimum Gasteiger partial charge on any atom is -0.378 e. The first-order valence-corrected chi connectivity index (χ1v) is 12.4. The van der Waals surface area contributed by atoms with Gasteiger partial charge in [-0.05, 0) is 55.9 Å². The van der Waals surface area contributed by atoms with Gasteiger partial charge in [-0.15, -0.1) is 0 Å². The molecule has 8 heteroatoms. The zero-order valence-corrected chi connectivity index (χ0v) is 20.6. The molecule has 3 amide bonds. The first-order chi connectivity index (χ1) is 16.2. The Bertz CT molecular complexity index is 954. The second-order valence-corrected chi connectivity index (χ2v) is 10.5.